The fourth-order valence-electron chi connectivity index (χ4n) is 5.12. The third-order valence-electron chi connectivity index (χ3n) is 7.30. The highest BCUT2D eigenvalue weighted by molar-refractivity contribution is 5.74. The lowest BCUT2D eigenvalue weighted by Crippen LogP contribution is -2.55. The number of carbonyl (C=O) groups excluding carboxylic acids is 1. The van der Waals surface area contributed by atoms with Gasteiger partial charge in [0.1, 0.15) is 0 Å². The summed E-state index contributed by atoms with van der Waals surface area (Å²) in [6, 6.07) is 9.01. The minimum atomic E-state index is -4.93. The number of ether oxygens (including phenoxy) is 1. The number of likely N-dealkylation sites (tertiary alicyclic amines) is 1. The van der Waals surface area contributed by atoms with Gasteiger partial charge in [0.05, 0.1) is 23.8 Å². The van der Waals surface area contributed by atoms with E-state index in [4.69, 9.17) is 4.74 Å². The maximum atomic E-state index is 13.3. The first kappa shape index (κ1) is 28.2. The Morgan fingerprint density at radius 1 is 0.895 bits per heavy atom. The van der Waals surface area contributed by atoms with Crippen LogP contribution in [-0.2, 0) is 23.7 Å². The Kier molecular flexibility index (Phi) is 8.27. The van der Waals surface area contributed by atoms with Crippen LogP contribution in [-0.4, -0.2) is 73.2 Å². The van der Waals surface area contributed by atoms with Crippen LogP contribution in [0, 0.1) is 6.92 Å². The number of hydrogen-bond acceptors (Lipinski definition) is 3. The fourth-order valence-corrected chi connectivity index (χ4v) is 5.12. The maximum Gasteiger partial charge on any atom is 0.416 e. The molecule has 0 aromatic heterocycles. The van der Waals surface area contributed by atoms with E-state index in [1.165, 1.54) is 0 Å². The molecule has 38 heavy (non-hydrogen) atoms. The molecule has 2 aliphatic rings. The molecule has 4 rings (SSSR count). The van der Waals surface area contributed by atoms with Gasteiger partial charge in [0, 0.05) is 45.2 Å². The molecule has 0 aliphatic carbocycles. The number of halogens is 6. The first-order chi connectivity index (χ1) is 17.8. The molecular formula is C27H31F6N3O2. The van der Waals surface area contributed by atoms with Crippen LogP contribution in [0.25, 0.3) is 0 Å². The van der Waals surface area contributed by atoms with Crippen molar-refractivity contribution in [3.05, 3.63) is 70.3 Å². The molecule has 2 atom stereocenters. The lowest BCUT2D eigenvalue weighted by molar-refractivity contribution is -0.143. The fraction of sp³-hybridized carbons (Fsp3) is 0.519. The van der Waals surface area contributed by atoms with E-state index in [1.807, 2.05) is 38.2 Å². The Morgan fingerprint density at radius 3 is 2.08 bits per heavy atom. The SMILES string of the molecule is Cc1ccccc1[C@@H]1CCN(C(=O)N2CCN(C)CC2)C[C@@H]1OCc1cc(C(F)(F)F)cc(C(F)(F)F)c1. The van der Waals surface area contributed by atoms with Gasteiger partial charge in [-0.3, -0.25) is 0 Å². The highest BCUT2D eigenvalue weighted by Gasteiger charge is 2.38. The number of nitrogens with zero attached hydrogens (tertiary/aromatic N) is 3. The summed E-state index contributed by atoms with van der Waals surface area (Å²) in [4.78, 5) is 18.8. The number of alkyl halides is 6. The molecule has 2 aromatic carbocycles. The van der Waals surface area contributed by atoms with E-state index < -0.39 is 36.2 Å². The molecular weight excluding hydrogens is 512 g/mol. The summed E-state index contributed by atoms with van der Waals surface area (Å²) >= 11 is 0. The van der Waals surface area contributed by atoms with Gasteiger partial charge in [-0.15, -0.1) is 0 Å². The number of hydrogen-bond donors (Lipinski definition) is 0. The normalized spacial score (nSPS) is 21.6. The topological polar surface area (TPSA) is 36.0 Å². The van der Waals surface area contributed by atoms with Gasteiger partial charge in [-0.25, -0.2) is 4.79 Å². The van der Waals surface area contributed by atoms with Crippen molar-refractivity contribution < 1.29 is 35.9 Å². The molecule has 2 heterocycles. The second-order valence-electron chi connectivity index (χ2n) is 10.0. The Labute approximate surface area is 217 Å². The summed E-state index contributed by atoms with van der Waals surface area (Å²) in [6.45, 7) is 4.84. The molecule has 0 radical (unpaired) electrons. The number of aryl methyl sites for hydroxylation is 1. The molecule has 0 unspecified atom stereocenters. The average Bonchev–Trinajstić information content (AvgIpc) is 2.86. The number of rotatable bonds is 4. The van der Waals surface area contributed by atoms with Crippen LogP contribution in [0.3, 0.4) is 0 Å². The summed E-state index contributed by atoms with van der Waals surface area (Å²) in [5, 5.41) is 0. The van der Waals surface area contributed by atoms with Gasteiger partial charge in [-0.2, -0.15) is 26.3 Å². The predicted octanol–water partition coefficient (Wildman–Crippen LogP) is 5.77. The molecule has 0 N–H and O–H groups in total. The minimum absolute atomic E-state index is 0.108. The van der Waals surface area contributed by atoms with Crippen LogP contribution < -0.4 is 0 Å². The Bertz CT molecular complexity index is 1100. The minimum Gasteiger partial charge on any atom is -0.371 e. The zero-order chi connectivity index (χ0) is 27.7. The van der Waals surface area contributed by atoms with E-state index in [1.54, 1.807) is 9.80 Å². The van der Waals surface area contributed by atoms with Gasteiger partial charge in [0.15, 0.2) is 0 Å². The standard InChI is InChI=1S/C27H31F6N3O2/c1-18-5-3-4-6-22(18)23-7-8-36(25(37)35-11-9-34(2)10-12-35)16-24(23)38-17-19-13-20(26(28,29)30)15-21(14-19)27(31,32)33/h3-6,13-15,23-24H,7-12,16-17H2,1-2H3/t23-,24-/m0/s1. The molecule has 208 valence electrons. The van der Waals surface area contributed by atoms with E-state index in [9.17, 15) is 31.1 Å². The van der Waals surface area contributed by atoms with Crippen molar-refractivity contribution in [2.24, 2.45) is 0 Å². The van der Waals surface area contributed by atoms with Crippen molar-refractivity contribution in [2.75, 3.05) is 46.3 Å². The average molecular weight is 544 g/mol. The molecule has 0 spiro atoms. The summed E-state index contributed by atoms with van der Waals surface area (Å²) in [5.41, 5.74) is -0.987. The monoisotopic (exact) mass is 543 g/mol. The molecule has 2 aromatic rings. The van der Waals surface area contributed by atoms with Gasteiger partial charge in [-0.1, -0.05) is 24.3 Å². The Hall–Kier alpha value is -2.79. The zero-order valence-corrected chi connectivity index (χ0v) is 21.3. The molecule has 2 saturated heterocycles. The van der Waals surface area contributed by atoms with Crippen molar-refractivity contribution >= 4 is 6.03 Å². The van der Waals surface area contributed by atoms with Crippen molar-refractivity contribution in [1.29, 1.82) is 0 Å². The number of benzene rings is 2. The van der Waals surface area contributed by atoms with E-state index in [-0.39, 0.29) is 30.1 Å². The third kappa shape index (κ3) is 6.61. The van der Waals surface area contributed by atoms with Crippen LogP contribution >= 0.6 is 0 Å². The van der Waals surface area contributed by atoms with Crippen molar-refractivity contribution in [3.63, 3.8) is 0 Å². The summed E-state index contributed by atoms with van der Waals surface area (Å²) in [6.07, 6.45) is -9.91. The van der Waals surface area contributed by atoms with Crippen LogP contribution in [0.1, 0.15) is 40.2 Å². The number of likely N-dealkylation sites (N-methyl/N-ethyl adjacent to an activating group) is 1. The van der Waals surface area contributed by atoms with Crippen molar-refractivity contribution in [3.8, 4) is 0 Å². The molecule has 5 nitrogen and oxygen atoms in total. The van der Waals surface area contributed by atoms with Gasteiger partial charge < -0.3 is 19.4 Å². The van der Waals surface area contributed by atoms with E-state index in [2.05, 4.69) is 4.90 Å². The largest absolute Gasteiger partial charge is 0.416 e. The van der Waals surface area contributed by atoms with Gasteiger partial charge >= 0.3 is 18.4 Å². The van der Waals surface area contributed by atoms with Crippen LogP contribution in [0.2, 0.25) is 0 Å². The van der Waals surface area contributed by atoms with Gasteiger partial charge in [0.25, 0.3) is 0 Å². The second kappa shape index (κ2) is 11.1. The predicted molar refractivity (Wildman–Crippen MR) is 130 cm³/mol. The number of piperazine rings is 1. The second-order valence-corrected chi connectivity index (χ2v) is 10.0. The third-order valence-corrected chi connectivity index (χ3v) is 7.30. The van der Waals surface area contributed by atoms with Gasteiger partial charge in [-0.05, 0) is 55.3 Å². The lowest BCUT2D eigenvalue weighted by Gasteiger charge is -2.42. The van der Waals surface area contributed by atoms with Gasteiger partial charge in [0.2, 0.25) is 0 Å². The van der Waals surface area contributed by atoms with Crippen LogP contribution in [0.15, 0.2) is 42.5 Å². The van der Waals surface area contributed by atoms with Crippen molar-refractivity contribution in [2.45, 2.75) is 44.3 Å². The lowest BCUT2D eigenvalue weighted by atomic mass is 9.84. The van der Waals surface area contributed by atoms with E-state index in [0.717, 1.165) is 24.2 Å². The number of amides is 2. The summed E-state index contributed by atoms with van der Waals surface area (Å²) in [7, 11) is 1.98. The number of urea groups is 1. The quantitative estimate of drug-likeness (QED) is 0.459. The van der Waals surface area contributed by atoms with E-state index >= 15 is 0 Å². The van der Waals surface area contributed by atoms with E-state index in [0.29, 0.717) is 38.2 Å². The highest BCUT2D eigenvalue weighted by atomic mass is 19.4. The van der Waals surface area contributed by atoms with Crippen molar-refractivity contribution in [1.82, 2.24) is 14.7 Å². The summed E-state index contributed by atoms with van der Waals surface area (Å²) in [5.74, 6) is -0.166. The first-order valence-corrected chi connectivity index (χ1v) is 12.5. The van der Waals surface area contributed by atoms with Crippen LogP contribution in [0.5, 0.6) is 0 Å². The summed E-state index contributed by atoms with van der Waals surface area (Å²) < 4.78 is 86.1. The Morgan fingerprint density at radius 2 is 1.50 bits per heavy atom. The smallest absolute Gasteiger partial charge is 0.371 e. The molecule has 11 heteroatoms. The number of piperidine rings is 1. The molecule has 2 amide bonds. The Balaban J connectivity index is 1.57. The van der Waals surface area contributed by atoms with Crippen LogP contribution in [0.4, 0.5) is 31.1 Å². The number of carbonyl (C=O) groups is 1. The molecule has 0 bridgehead atoms. The molecule has 2 aliphatic heterocycles. The molecule has 2 fully saturated rings. The highest BCUT2D eigenvalue weighted by Crippen LogP contribution is 2.37. The first-order valence-electron chi connectivity index (χ1n) is 12.5. The zero-order valence-electron chi connectivity index (χ0n) is 21.3. The molecule has 0 saturated carbocycles. The maximum absolute atomic E-state index is 13.3.